The molecule has 1 aliphatic carbocycles. The fourth-order valence-corrected chi connectivity index (χ4v) is 13.0. The van der Waals surface area contributed by atoms with Gasteiger partial charge in [0.15, 0.2) is 0 Å². The maximum Gasteiger partial charge on any atom is 0.333 e. The van der Waals surface area contributed by atoms with Gasteiger partial charge in [0.2, 0.25) is 0 Å². The number of fused-ring (bicyclic) bond motifs is 16. The Balaban J connectivity index is 1.13. The Hall–Kier alpha value is -8.21. The summed E-state index contributed by atoms with van der Waals surface area (Å²) in [7, 11) is 0. The van der Waals surface area contributed by atoms with Gasteiger partial charge >= 0.3 is 13.7 Å². The summed E-state index contributed by atoms with van der Waals surface area (Å²) in [4.78, 5) is 5.08. The third-order valence-electron chi connectivity index (χ3n) is 15.2. The SMILES string of the molecule is C1=C2C3=C(C1)N(c1ccccc1)c1ccccc1B3n1c3ccccc3c3c4c5c(c2c31)c1ccccc1n5B1c2ccccc2N(c2ccccc2)c2cc(-c3ccccc3)cc-4c21. The van der Waals surface area contributed by atoms with Crippen molar-refractivity contribution in [3.05, 3.63) is 223 Å². The maximum atomic E-state index is 2.76. The number of benzene rings is 9. The van der Waals surface area contributed by atoms with E-state index in [-0.39, 0.29) is 13.7 Å². The molecule has 0 amide bonds. The number of nitrogens with zero attached hydrogens (tertiary/aromatic N) is 4. The van der Waals surface area contributed by atoms with Crippen molar-refractivity contribution in [2.45, 2.75) is 6.42 Å². The fraction of sp³-hybridized carbons (Fsp3) is 0.0169. The topological polar surface area (TPSA) is 16.3 Å². The van der Waals surface area contributed by atoms with Crippen LogP contribution in [0.4, 0.5) is 28.4 Å². The highest BCUT2D eigenvalue weighted by Crippen LogP contribution is 2.58. The molecular formula is C59H36B2N4. The highest BCUT2D eigenvalue weighted by molar-refractivity contribution is 6.90. The minimum absolute atomic E-state index is 0.0177. The van der Waals surface area contributed by atoms with Crippen LogP contribution in [0.2, 0.25) is 0 Å². The van der Waals surface area contributed by atoms with Gasteiger partial charge in [-0.2, -0.15) is 0 Å². The molecule has 16 rings (SSSR count). The lowest BCUT2D eigenvalue weighted by Gasteiger charge is -2.41. The van der Waals surface area contributed by atoms with Crippen molar-refractivity contribution in [1.82, 2.24) is 8.96 Å². The molecule has 0 saturated carbocycles. The smallest absolute Gasteiger partial charge is 0.333 e. The van der Waals surface area contributed by atoms with E-state index in [9.17, 15) is 0 Å². The van der Waals surface area contributed by atoms with E-state index in [0.29, 0.717) is 0 Å². The molecule has 0 spiro atoms. The molecule has 0 saturated heterocycles. The van der Waals surface area contributed by atoms with Crippen molar-refractivity contribution >= 4 is 108 Å². The van der Waals surface area contributed by atoms with Crippen molar-refractivity contribution in [2.75, 3.05) is 9.80 Å². The van der Waals surface area contributed by atoms with Gasteiger partial charge < -0.3 is 18.8 Å². The Kier molecular flexibility index (Phi) is 6.48. The van der Waals surface area contributed by atoms with Crippen LogP contribution in [0, 0.1) is 0 Å². The standard InChI is InChI=1S/C59H36B2N4/c1-4-18-36(19-5-1)37-34-43-55-53-41-25-11-15-29-47(41)64-58(53)54(42-32-33-50-56(42)60(64)44-26-12-16-30-48(44)62(50)38-20-6-2-7-21-38)52-40-24-10-14-28-46(40)65(59(52)55)61-45-27-13-17-31-49(45)63(51(35-37)57(43)61)39-22-8-3-9-23-39/h1-32,34-35H,33H2. The first-order chi connectivity index (χ1) is 32.3. The monoisotopic (exact) mass is 822 g/mol. The van der Waals surface area contributed by atoms with Crippen LogP contribution in [0.1, 0.15) is 12.0 Å². The molecule has 6 heteroatoms. The molecule has 0 unspecified atom stereocenters. The van der Waals surface area contributed by atoms with Gasteiger partial charge in [-0.1, -0.05) is 146 Å². The number of rotatable bonds is 3. The fourth-order valence-electron chi connectivity index (χ4n) is 13.0. The van der Waals surface area contributed by atoms with Crippen molar-refractivity contribution in [1.29, 1.82) is 0 Å². The van der Waals surface area contributed by atoms with Crippen LogP contribution < -0.4 is 26.2 Å². The molecule has 0 radical (unpaired) electrons. The van der Waals surface area contributed by atoms with Crippen LogP contribution in [0.5, 0.6) is 0 Å². The number of anilines is 5. The van der Waals surface area contributed by atoms with Gasteiger partial charge in [-0.05, 0) is 105 Å². The van der Waals surface area contributed by atoms with E-state index in [0.717, 1.165) is 12.1 Å². The van der Waals surface area contributed by atoms with Crippen LogP contribution in [-0.4, -0.2) is 22.7 Å². The van der Waals surface area contributed by atoms with E-state index in [1.165, 1.54) is 127 Å². The summed E-state index contributed by atoms with van der Waals surface area (Å²) in [5.41, 5.74) is 26.0. The van der Waals surface area contributed by atoms with Crippen LogP contribution in [0.15, 0.2) is 217 Å². The van der Waals surface area contributed by atoms with Gasteiger partial charge in [0.25, 0.3) is 0 Å². The molecule has 11 aromatic rings. The van der Waals surface area contributed by atoms with Gasteiger partial charge in [0, 0.05) is 95.3 Å². The van der Waals surface area contributed by atoms with E-state index in [2.05, 4.69) is 225 Å². The molecule has 298 valence electrons. The summed E-state index contributed by atoms with van der Waals surface area (Å²) in [5, 5.41) is 5.31. The molecule has 4 nitrogen and oxygen atoms in total. The molecule has 9 aromatic carbocycles. The zero-order valence-corrected chi connectivity index (χ0v) is 35.3. The maximum absolute atomic E-state index is 2.76. The Bertz CT molecular complexity index is 3990. The summed E-state index contributed by atoms with van der Waals surface area (Å²) >= 11 is 0. The van der Waals surface area contributed by atoms with Crippen LogP contribution >= 0.6 is 0 Å². The van der Waals surface area contributed by atoms with Gasteiger partial charge in [-0.15, -0.1) is 0 Å². The van der Waals surface area contributed by atoms with Crippen LogP contribution in [-0.2, 0) is 0 Å². The van der Waals surface area contributed by atoms with Gasteiger partial charge in [-0.3, -0.25) is 0 Å². The number of hydrogen-bond acceptors (Lipinski definition) is 2. The predicted molar refractivity (Wildman–Crippen MR) is 274 cm³/mol. The first kappa shape index (κ1) is 34.3. The van der Waals surface area contributed by atoms with Crippen molar-refractivity contribution < 1.29 is 0 Å². The normalized spacial score (nSPS) is 14.9. The summed E-state index contributed by atoms with van der Waals surface area (Å²) in [6.07, 6.45) is 3.44. The minimum Gasteiger partial charge on any atom is -0.375 e. The molecule has 2 aromatic heterocycles. The Morgan fingerprint density at radius 1 is 0.415 bits per heavy atom. The van der Waals surface area contributed by atoms with Gasteiger partial charge in [0.05, 0.1) is 0 Å². The number of allylic oxidation sites excluding steroid dienone is 3. The highest BCUT2D eigenvalue weighted by Gasteiger charge is 2.50. The second kappa shape index (κ2) is 12.3. The third-order valence-corrected chi connectivity index (χ3v) is 15.2. The lowest BCUT2D eigenvalue weighted by atomic mass is 9.44. The molecule has 5 aliphatic rings. The average molecular weight is 823 g/mol. The lowest BCUT2D eigenvalue weighted by molar-refractivity contribution is 1.08. The Labute approximate surface area is 376 Å². The molecule has 4 aliphatic heterocycles. The highest BCUT2D eigenvalue weighted by atomic mass is 15.2. The van der Waals surface area contributed by atoms with Crippen molar-refractivity contribution in [3.63, 3.8) is 0 Å². The molecule has 65 heavy (non-hydrogen) atoms. The Morgan fingerprint density at radius 2 is 0.938 bits per heavy atom. The molecule has 6 heterocycles. The molecule has 0 N–H and O–H groups in total. The summed E-state index contributed by atoms with van der Waals surface area (Å²) < 4.78 is 5.51. The summed E-state index contributed by atoms with van der Waals surface area (Å²) in [5.74, 6) is 0. The average Bonchev–Trinajstić information content (AvgIpc) is 4.07. The van der Waals surface area contributed by atoms with Crippen molar-refractivity contribution in [2.24, 2.45) is 0 Å². The minimum atomic E-state index is -0.0484. The van der Waals surface area contributed by atoms with E-state index >= 15 is 0 Å². The number of hydrogen-bond donors (Lipinski definition) is 0. The van der Waals surface area contributed by atoms with Crippen molar-refractivity contribution in [3.8, 4) is 22.3 Å². The van der Waals surface area contributed by atoms with Crippen LogP contribution in [0.25, 0.3) is 71.4 Å². The first-order valence-electron chi connectivity index (χ1n) is 22.9. The largest absolute Gasteiger partial charge is 0.375 e. The summed E-state index contributed by atoms with van der Waals surface area (Å²) in [6, 6.07) is 74.9. The molecule has 0 fully saturated rings. The second-order valence-electron chi connectivity index (χ2n) is 18.2. The van der Waals surface area contributed by atoms with Crippen LogP contribution in [0.3, 0.4) is 0 Å². The zero-order chi connectivity index (χ0) is 42.1. The molecule has 0 bridgehead atoms. The van der Waals surface area contributed by atoms with Gasteiger partial charge in [-0.25, -0.2) is 0 Å². The number of para-hydroxylation sites is 6. The second-order valence-corrected chi connectivity index (χ2v) is 18.2. The molecule has 0 atom stereocenters. The van der Waals surface area contributed by atoms with Gasteiger partial charge in [0.1, 0.15) is 0 Å². The number of aromatic nitrogens is 2. The third kappa shape index (κ3) is 4.17. The zero-order valence-electron chi connectivity index (χ0n) is 35.3. The molecular weight excluding hydrogens is 786 g/mol. The lowest BCUT2D eigenvalue weighted by Crippen LogP contribution is -2.56. The Morgan fingerprint density at radius 3 is 1.63 bits per heavy atom. The summed E-state index contributed by atoms with van der Waals surface area (Å²) in [6.45, 7) is -0.0307. The van der Waals surface area contributed by atoms with E-state index in [4.69, 9.17) is 0 Å². The first-order valence-corrected chi connectivity index (χ1v) is 22.9. The quantitative estimate of drug-likeness (QED) is 0.165. The predicted octanol–water partition coefficient (Wildman–Crippen LogP) is 12.5. The van der Waals surface area contributed by atoms with E-state index in [1.54, 1.807) is 0 Å². The van der Waals surface area contributed by atoms with E-state index < -0.39 is 0 Å². The van der Waals surface area contributed by atoms with E-state index in [1.807, 2.05) is 0 Å².